The first-order chi connectivity index (χ1) is 13.1. The van der Waals surface area contributed by atoms with Crippen molar-refractivity contribution in [1.29, 1.82) is 0 Å². The third-order valence-electron chi connectivity index (χ3n) is 4.26. The molecule has 0 fully saturated rings. The minimum atomic E-state index is -0.343. The van der Waals surface area contributed by atoms with Crippen LogP contribution < -0.4 is 19.6 Å². The average Bonchev–Trinajstić information content (AvgIpc) is 2.72. The Kier molecular flexibility index (Phi) is 7.67. The zero-order valence-corrected chi connectivity index (χ0v) is 16.2. The molecule has 2 rings (SSSR count). The van der Waals surface area contributed by atoms with Gasteiger partial charge < -0.3 is 14.2 Å². The number of benzene rings is 2. The third-order valence-corrected chi connectivity index (χ3v) is 4.26. The summed E-state index contributed by atoms with van der Waals surface area (Å²) in [7, 11) is 3.14. The van der Waals surface area contributed by atoms with Crippen molar-refractivity contribution in [2.45, 2.75) is 26.2 Å². The lowest BCUT2D eigenvalue weighted by Gasteiger charge is -2.10. The van der Waals surface area contributed by atoms with Gasteiger partial charge in [0.1, 0.15) is 17.2 Å². The van der Waals surface area contributed by atoms with Crippen molar-refractivity contribution >= 4 is 12.1 Å². The quantitative estimate of drug-likeness (QED) is 0.539. The van der Waals surface area contributed by atoms with Crippen LogP contribution in [0, 0.1) is 0 Å². The fourth-order valence-corrected chi connectivity index (χ4v) is 2.41. The number of hydrazone groups is 1. The number of methoxy groups -OCH3 is 2. The maximum atomic E-state index is 11.9. The highest BCUT2D eigenvalue weighted by Crippen LogP contribution is 2.23. The Morgan fingerprint density at radius 1 is 1.11 bits per heavy atom. The van der Waals surface area contributed by atoms with E-state index in [1.54, 1.807) is 32.4 Å². The average molecular weight is 370 g/mol. The Morgan fingerprint density at radius 2 is 1.81 bits per heavy atom. The van der Waals surface area contributed by atoms with Gasteiger partial charge in [-0.1, -0.05) is 26.0 Å². The highest BCUT2D eigenvalue weighted by Gasteiger charge is 2.06. The van der Waals surface area contributed by atoms with Crippen molar-refractivity contribution in [1.82, 2.24) is 5.43 Å². The van der Waals surface area contributed by atoms with Crippen LogP contribution in [-0.2, 0) is 4.79 Å². The molecule has 0 saturated carbocycles. The summed E-state index contributed by atoms with van der Waals surface area (Å²) in [5, 5.41) is 3.94. The topological polar surface area (TPSA) is 69.2 Å². The minimum absolute atomic E-state index is 0.111. The molecule has 6 nitrogen and oxygen atoms in total. The molecule has 0 saturated heterocycles. The smallest absolute Gasteiger partial charge is 0.277 e. The van der Waals surface area contributed by atoms with Gasteiger partial charge in [0.2, 0.25) is 0 Å². The first-order valence-corrected chi connectivity index (χ1v) is 8.84. The number of nitrogens with zero attached hydrogens (tertiary/aromatic N) is 1. The molecular formula is C21H26N2O4. The zero-order chi connectivity index (χ0) is 19.6. The first kappa shape index (κ1) is 20.3. The van der Waals surface area contributed by atoms with Gasteiger partial charge in [-0.3, -0.25) is 4.79 Å². The van der Waals surface area contributed by atoms with Crippen LogP contribution in [0.25, 0.3) is 0 Å². The van der Waals surface area contributed by atoms with Gasteiger partial charge in [-0.15, -0.1) is 0 Å². The Hall–Kier alpha value is -3.02. The van der Waals surface area contributed by atoms with Crippen molar-refractivity contribution in [3.63, 3.8) is 0 Å². The van der Waals surface area contributed by atoms with Crippen molar-refractivity contribution in [3.05, 3.63) is 53.6 Å². The number of carbonyl (C=O) groups is 1. The molecule has 0 spiro atoms. The van der Waals surface area contributed by atoms with Crippen LogP contribution in [-0.4, -0.2) is 32.9 Å². The molecule has 27 heavy (non-hydrogen) atoms. The van der Waals surface area contributed by atoms with Crippen molar-refractivity contribution < 1.29 is 19.0 Å². The largest absolute Gasteiger partial charge is 0.497 e. The summed E-state index contributed by atoms with van der Waals surface area (Å²) in [4.78, 5) is 11.9. The van der Waals surface area contributed by atoms with Gasteiger partial charge in [0.15, 0.2) is 6.61 Å². The lowest BCUT2D eigenvalue weighted by atomic mass is 9.99. The number of nitrogens with one attached hydrogen (secondary N) is 1. The van der Waals surface area contributed by atoms with E-state index in [0.29, 0.717) is 23.2 Å². The van der Waals surface area contributed by atoms with E-state index in [1.165, 1.54) is 11.8 Å². The summed E-state index contributed by atoms with van der Waals surface area (Å²) >= 11 is 0. The molecule has 1 amide bonds. The highest BCUT2D eigenvalue weighted by molar-refractivity contribution is 5.85. The van der Waals surface area contributed by atoms with Gasteiger partial charge in [-0.2, -0.15) is 5.10 Å². The molecule has 0 radical (unpaired) electrons. The molecule has 1 atom stereocenters. The van der Waals surface area contributed by atoms with Crippen LogP contribution in [0.2, 0.25) is 0 Å². The van der Waals surface area contributed by atoms with E-state index in [1.807, 2.05) is 24.3 Å². The van der Waals surface area contributed by atoms with Crippen LogP contribution in [0.4, 0.5) is 0 Å². The van der Waals surface area contributed by atoms with Crippen LogP contribution in [0.3, 0.4) is 0 Å². The Bertz CT molecular complexity index is 772. The fraction of sp³-hybridized carbons (Fsp3) is 0.333. The minimum Gasteiger partial charge on any atom is -0.497 e. The van der Waals surface area contributed by atoms with E-state index in [-0.39, 0.29) is 12.5 Å². The number of hydrogen-bond acceptors (Lipinski definition) is 5. The second-order valence-corrected chi connectivity index (χ2v) is 6.07. The summed E-state index contributed by atoms with van der Waals surface area (Å²) < 4.78 is 15.9. The number of ether oxygens (including phenoxy) is 3. The maximum absolute atomic E-state index is 11.9. The predicted octanol–water partition coefficient (Wildman–Crippen LogP) is 3.75. The maximum Gasteiger partial charge on any atom is 0.277 e. The van der Waals surface area contributed by atoms with Crippen LogP contribution in [0.15, 0.2) is 47.6 Å². The molecule has 0 aromatic heterocycles. The number of hydrogen-bond donors (Lipinski definition) is 1. The molecule has 144 valence electrons. The third kappa shape index (κ3) is 6.02. The standard InChI is InChI=1S/C21H26N2O4/c1-5-15(2)16-6-9-18(10-7-16)27-14-21(24)23-22-13-17-8-11-19(25-3)12-20(17)26-4/h6-13,15H,5,14H2,1-4H3,(H,23,24)/b22-13+/t15-/m0/s1. The molecule has 0 bridgehead atoms. The number of carbonyl (C=O) groups excluding carboxylic acids is 1. The number of rotatable bonds is 9. The van der Waals surface area contributed by atoms with Crippen LogP contribution in [0.5, 0.6) is 17.2 Å². The summed E-state index contributed by atoms with van der Waals surface area (Å²) in [6.45, 7) is 4.22. The lowest BCUT2D eigenvalue weighted by molar-refractivity contribution is -0.123. The first-order valence-electron chi connectivity index (χ1n) is 8.84. The SMILES string of the molecule is CC[C@H](C)c1ccc(OCC(=O)N/N=C/c2ccc(OC)cc2OC)cc1. The second kappa shape index (κ2) is 10.2. The van der Waals surface area contributed by atoms with Crippen molar-refractivity contribution in [3.8, 4) is 17.2 Å². The van der Waals surface area contributed by atoms with Crippen molar-refractivity contribution in [2.75, 3.05) is 20.8 Å². The molecule has 0 unspecified atom stereocenters. The Balaban J connectivity index is 1.85. The lowest BCUT2D eigenvalue weighted by Crippen LogP contribution is -2.24. The van der Waals surface area contributed by atoms with Crippen LogP contribution >= 0.6 is 0 Å². The van der Waals surface area contributed by atoms with Gasteiger partial charge >= 0.3 is 0 Å². The Labute approximate surface area is 160 Å². The van der Waals surface area contributed by atoms with E-state index >= 15 is 0 Å². The molecule has 0 aliphatic heterocycles. The summed E-state index contributed by atoms with van der Waals surface area (Å²) in [5.41, 5.74) is 4.42. The predicted molar refractivity (Wildman–Crippen MR) is 106 cm³/mol. The second-order valence-electron chi connectivity index (χ2n) is 6.07. The zero-order valence-electron chi connectivity index (χ0n) is 16.2. The summed E-state index contributed by atoms with van der Waals surface area (Å²) in [6, 6.07) is 13.1. The van der Waals surface area contributed by atoms with E-state index in [0.717, 1.165) is 12.0 Å². The molecule has 0 aliphatic carbocycles. The number of amides is 1. The highest BCUT2D eigenvalue weighted by atomic mass is 16.5. The monoisotopic (exact) mass is 370 g/mol. The summed E-state index contributed by atoms with van der Waals surface area (Å²) in [6.07, 6.45) is 2.59. The molecule has 2 aromatic carbocycles. The van der Waals surface area contributed by atoms with E-state index in [4.69, 9.17) is 14.2 Å². The van der Waals surface area contributed by atoms with Crippen LogP contribution in [0.1, 0.15) is 37.3 Å². The van der Waals surface area contributed by atoms with Gasteiger partial charge in [-0.25, -0.2) is 5.43 Å². The van der Waals surface area contributed by atoms with Crippen molar-refractivity contribution in [2.24, 2.45) is 5.10 Å². The van der Waals surface area contributed by atoms with E-state index in [2.05, 4.69) is 24.4 Å². The van der Waals surface area contributed by atoms with E-state index in [9.17, 15) is 4.79 Å². The van der Waals surface area contributed by atoms with Gasteiger partial charge in [0, 0.05) is 11.6 Å². The molecule has 2 aromatic rings. The van der Waals surface area contributed by atoms with Gasteiger partial charge in [0.05, 0.1) is 20.4 Å². The normalized spacial score (nSPS) is 11.9. The Morgan fingerprint density at radius 3 is 2.44 bits per heavy atom. The molecule has 6 heteroatoms. The van der Waals surface area contributed by atoms with E-state index < -0.39 is 0 Å². The fourth-order valence-electron chi connectivity index (χ4n) is 2.41. The molecule has 1 N–H and O–H groups in total. The molecule has 0 heterocycles. The summed E-state index contributed by atoms with van der Waals surface area (Å²) in [5.74, 6) is 2.10. The van der Waals surface area contributed by atoms with Gasteiger partial charge in [0.25, 0.3) is 5.91 Å². The molecule has 0 aliphatic rings. The molecular weight excluding hydrogens is 344 g/mol. The van der Waals surface area contributed by atoms with Gasteiger partial charge in [-0.05, 0) is 42.2 Å².